The third kappa shape index (κ3) is 4.03. The number of benzene rings is 1. The first-order chi connectivity index (χ1) is 10.3. The fourth-order valence-corrected chi connectivity index (χ4v) is 3.51. The number of ether oxygens (including phenoxy) is 2. The Morgan fingerprint density at radius 3 is 2.90 bits per heavy atom. The van der Waals surface area contributed by atoms with E-state index in [4.69, 9.17) is 14.3 Å². The van der Waals surface area contributed by atoms with Crippen LogP contribution in [0.1, 0.15) is 5.56 Å². The Labute approximate surface area is 130 Å². The van der Waals surface area contributed by atoms with E-state index in [1.165, 1.54) is 30.2 Å². The standard InChI is InChI=1S/C15H22N2O3S/c1-18-12-19-14-3-2-13-11-17(20-15(13)10-14)5-4-16-6-8-21-9-7-16/h2-3,10H,4-9,11-12H2,1H3. The fraction of sp³-hybridized carbons (Fsp3) is 0.600. The average Bonchev–Trinajstić information content (AvgIpc) is 2.94. The van der Waals surface area contributed by atoms with Crippen molar-refractivity contribution in [2.24, 2.45) is 0 Å². The van der Waals surface area contributed by atoms with Gasteiger partial charge in [-0.1, -0.05) is 6.07 Å². The van der Waals surface area contributed by atoms with Gasteiger partial charge >= 0.3 is 0 Å². The zero-order chi connectivity index (χ0) is 14.5. The van der Waals surface area contributed by atoms with Crippen LogP contribution in [0.3, 0.4) is 0 Å². The lowest BCUT2D eigenvalue weighted by molar-refractivity contribution is -0.0480. The Balaban J connectivity index is 1.49. The van der Waals surface area contributed by atoms with Gasteiger partial charge < -0.3 is 19.2 Å². The molecule has 0 saturated carbocycles. The Kier molecular flexibility index (Phi) is 5.24. The highest BCUT2D eigenvalue weighted by atomic mass is 32.2. The molecule has 2 aliphatic heterocycles. The fourth-order valence-electron chi connectivity index (χ4n) is 2.53. The van der Waals surface area contributed by atoms with Crippen molar-refractivity contribution in [2.45, 2.75) is 6.54 Å². The van der Waals surface area contributed by atoms with Gasteiger partial charge in [-0.2, -0.15) is 11.8 Å². The Morgan fingerprint density at radius 2 is 2.10 bits per heavy atom. The first-order valence-corrected chi connectivity index (χ1v) is 8.48. The van der Waals surface area contributed by atoms with E-state index in [0.717, 1.165) is 31.1 Å². The minimum Gasteiger partial charge on any atom is -0.467 e. The van der Waals surface area contributed by atoms with Crippen LogP contribution in [0.2, 0.25) is 0 Å². The molecular formula is C15H22N2O3S. The molecule has 0 bridgehead atoms. The van der Waals surface area contributed by atoms with E-state index in [2.05, 4.69) is 11.0 Å². The summed E-state index contributed by atoms with van der Waals surface area (Å²) in [6.07, 6.45) is 0. The molecule has 0 aromatic heterocycles. The molecule has 21 heavy (non-hydrogen) atoms. The molecule has 1 fully saturated rings. The van der Waals surface area contributed by atoms with Crippen molar-refractivity contribution in [3.05, 3.63) is 23.8 Å². The predicted molar refractivity (Wildman–Crippen MR) is 83.7 cm³/mol. The van der Waals surface area contributed by atoms with E-state index in [0.29, 0.717) is 0 Å². The number of hydrogen-bond acceptors (Lipinski definition) is 6. The summed E-state index contributed by atoms with van der Waals surface area (Å²) in [5.74, 6) is 4.19. The van der Waals surface area contributed by atoms with Gasteiger partial charge in [0.2, 0.25) is 0 Å². The number of hydroxylamine groups is 2. The van der Waals surface area contributed by atoms with Crippen molar-refractivity contribution < 1.29 is 14.3 Å². The van der Waals surface area contributed by atoms with Crippen LogP contribution in [0.5, 0.6) is 11.5 Å². The van der Waals surface area contributed by atoms with E-state index in [1.54, 1.807) is 7.11 Å². The molecule has 2 aliphatic rings. The summed E-state index contributed by atoms with van der Waals surface area (Å²) in [6.45, 7) is 5.51. The Hall–Kier alpha value is -0.950. The van der Waals surface area contributed by atoms with Crippen LogP contribution in [-0.4, -0.2) is 61.6 Å². The van der Waals surface area contributed by atoms with Crippen LogP contribution in [0.4, 0.5) is 0 Å². The highest BCUT2D eigenvalue weighted by Gasteiger charge is 2.22. The molecule has 0 radical (unpaired) electrons. The van der Waals surface area contributed by atoms with Crippen molar-refractivity contribution in [2.75, 3.05) is 51.6 Å². The van der Waals surface area contributed by atoms with Crippen molar-refractivity contribution >= 4 is 11.8 Å². The molecule has 1 aromatic carbocycles. The summed E-state index contributed by atoms with van der Waals surface area (Å²) in [4.78, 5) is 8.41. The van der Waals surface area contributed by atoms with Crippen molar-refractivity contribution in [1.29, 1.82) is 0 Å². The quantitative estimate of drug-likeness (QED) is 0.746. The smallest absolute Gasteiger partial charge is 0.188 e. The Morgan fingerprint density at radius 1 is 1.24 bits per heavy atom. The molecular weight excluding hydrogens is 288 g/mol. The lowest BCUT2D eigenvalue weighted by Crippen LogP contribution is -2.39. The largest absolute Gasteiger partial charge is 0.467 e. The Bertz CT molecular complexity index is 466. The molecule has 1 aromatic rings. The molecule has 0 amide bonds. The molecule has 0 N–H and O–H groups in total. The van der Waals surface area contributed by atoms with E-state index >= 15 is 0 Å². The summed E-state index contributed by atoms with van der Waals surface area (Å²) < 4.78 is 10.4. The van der Waals surface area contributed by atoms with Gasteiger partial charge in [-0.25, -0.2) is 0 Å². The second-order valence-corrected chi connectivity index (χ2v) is 6.45. The molecule has 3 rings (SSSR count). The van der Waals surface area contributed by atoms with Gasteiger partial charge in [0.25, 0.3) is 0 Å². The second kappa shape index (κ2) is 7.35. The number of nitrogens with zero attached hydrogens (tertiary/aromatic N) is 2. The zero-order valence-electron chi connectivity index (χ0n) is 12.4. The van der Waals surface area contributed by atoms with Gasteiger partial charge in [0.05, 0.1) is 6.54 Å². The SMILES string of the molecule is COCOc1ccc2c(c1)ON(CCN1CCSCC1)C2. The van der Waals surface area contributed by atoms with Gasteiger partial charge in [0.15, 0.2) is 12.5 Å². The molecule has 0 atom stereocenters. The maximum atomic E-state index is 5.90. The summed E-state index contributed by atoms with van der Waals surface area (Å²) >= 11 is 2.04. The third-order valence-corrected chi connectivity index (χ3v) is 4.67. The molecule has 0 unspecified atom stereocenters. The van der Waals surface area contributed by atoms with E-state index in [9.17, 15) is 0 Å². The number of rotatable bonds is 6. The van der Waals surface area contributed by atoms with Gasteiger partial charge in [-0.15, -0.1) is 5.06 Å². The van der Waals surface area contributed by atoms with Crippen molar-refractivity contribution in [3.63, 3.8) is 0 Å². The summed E-state index contributed by atoms with van der Waals surface area (Å²) in [6, 6.07) is 5.97. The molecule has 1 saturated heterocycles. The van der Waals surface area contributed by atoms with Crippen LogP contribution in [0, 0.1) is 0 Å². The van der Waals surface area contributed by atoms with Gasteiger partial charge in [0.1, 0.15) is 5.75 Å². The molecule has 0 spiro atoms. The lowest BCUT2D eigenvalue weighted by atomic mass is 10.2. The second-order valence-electron chi connectivity index (χ2n) is 5.23. The monoisotopic (exact) mass is 310 g/mol. The summed E-state index contributed by atoms with van der Waals surface area (Å²) in [5.41, 5.74) is 1.22. The number of hydrogen-bond donors (Lipinski definition) is 0. The topological polar surface area (TPSA) is 34.2 Å². The van der Waals surface area contributed by atoms with Crippen LogP contribution < -0.4 is 9.57 Å². The van der Waals surface area contributed by atoms with Crippen LogP contribution in [0.25, 0.3) is 0 Å². The molecule has 5 nitrogen and oxygen atoms in total. The van der Waals surface area contributed by atoms with Crippen LogP contribution in [0.15, 0.2) is 18.2 Å². The van der Waals surface area contributed by atoms with Gasteiger partial charge in [0, 0.05) is 56.4 Å². The maximum absolute atomic E-state index is 5.90. The van der Waals surface area contributed by atoms with E-state index in [1.807, 2.05) is 29.0 Å². The lowest BCUT2D eigenvalue weighted by Gasteiger charge is -2.27. The van der Waals surface area contributed by atoms with Gasteiger partial charge in [-0.05, 0) is 6.07 Å². The molecule has 6 heteroatoms. The van der Waals surface area contributed by atoms with Gasteiger partial charge in [-0.3, -0.25) is 0 Å². The molecule has 2 heterocycles. The zero-order valence-corrected chi connectivity index (χ0v) is 13.2. The number of fused-ring (bicyclic) bond motifs is 1. The summed E-state index contributed by atoms with van der Waals surface area (Å²) in [5, 5.41) is 2.03. The normalized spacial score (nSPS) is 19.3. The van der Waals surface area contributed by atoms with Crippen LogP contribution in [-0.2, 0) is 11.3 Å². The highest BCUT2D eigenvalue weighted by Crippen LogP contribution is 2.31. The van der Waals surface area contributed by atoms with Crippen LogP contribution >= 0.6 is 11.8 Å². The van der Waals surface area contributed by atoms with Crippen molar-refractivity contribution in [1.82, 2.24) is 9.96 Å². The van der Waals surface area contributed by atoms with E-state index in [-0.39, 0.29) is 6.79 Å². The highest BCUT2D eigenvalue weighted by molar-refractivity contribution is 7.99. The predicted octanol–water partition coefficient (Wildman–Crippen LogP) is 1.83. The minimum absolute atomic E-state index is 0.259. The number of thioether (sulfide) groups is 1. The number of methoxy groups -OCH3 is 1. The molecule has 116 valence electrons. The molecule has 0 aliphatic carbocycles. The van der Waals surface area contributed by atoms with E-state index < -0.39 is 0 Å². The third-order valence-electron chi connectivity index (χ3n) is 3.73. The maximum Gasteiger partial charge on any atom is 0.188 e. The first-order valence-electron chi connectivity index (χ1n) is 7.33. The van der Waals surface area contributed by atoms with Crippen molar-refractivity contribution in [3.8, 4) is 11.5 Å². The first kappa shape index (κ1) is 15.0. The summed E-state index contributed by atoms with van der Waals surface area (Å²) in [7, 11) is 1.62. The minimum atomic E-state index is 0.259. The average molecular weight is 310 g/mol.